The van der Waals surface area contributed by atoms with Gasteiger partial charge in [0.1, 0.15) is 0 Å². The van der Waals surface area contributed by atoms with Crippen LogP contribution in [0.25, 0.3) is 11.1 Å². The van der Waals surface area contributed by atoms with Crippen LogP contribution in [-0.2, 0) is 4.79 Å². The van der Waals surface area contributed by atoms with Crippen LogP contribution in [-0.4, -0.2) is 11.8 Å². The minimum absolute atomic E-state index is 0.0360. The van der Waals surface area contributed by atoms with Crippen LogP contribution in [0.1, 0.15) is 36.0 Å². The molecule has 2 saturated carbocycles. The lowest BCUT2D eigenvalue weighted by Crippen LogP contribution is -2.42. The van der Waals surface area contributed by atoms with Gasteiger partial charge in [-0.15, -0.1) is 0 Å². The van der Waals surface area contributed by atoms with Gasteiger partial charge in [-0.25, -0.2) is 0 Å². The maximum atomic E-state index is 12.2. The van der Waals surface area contributed by atoms with Crippen LogP contribution < -0.4 is 10.9 Å². The lowest BCUT2D eigenvalue weighted by Gasteiger charge is -2.08. The molecule has 4 heteroatoms. The molecule has 0 aliphatic heterocycles. The SMILES string of the molecule is O=C(NNC(=O)C1[C@@H]2CCCC[C@@H]12)c1ccc(-c2ccccc2)cc1. The first kappa shape index (κ1) is 15.9. The predicted molar refractivity (Wildman–Crippen MR) is 96.4 cm³/mol. The summed E-state index contributed by atoms with van der Waals surface area (Å²) < 4.78 is 0. The van der Waals surface area contributed by atoms with Crippen molar-refractivity contribution >= 4 is 11.8 Å². The molecule has 0 spiro atoms. The van der Waals surface area contributed by atoms with Crippen molar-refractivity contribution in [3.8, 4) is 11.1 Å². The molecule has 0 unspecified atom stereocenters. The highest BCUT2D eigenvalue weighted by Gasteiger charge is 2.54. The third kappa shape index (κ3) is 3.29. The van der Waals surface area contributed by atoms with E-state index in [4.69, 9.17) is 0 Å². The summed E-state index contributed by atoms with van der Waals surface area (Å²) in [6, 6.07) is 17.4. The van der Waals surface area contributed by atoms with E-state index in [1.165, 1.54) is 12.8 Å². The van der Waals surface area contributed by atoms with Crippen LogP contribution in [0.4, 0.5) is 0 Å². The number of nitrogens with one attached hydrogen (secondary N) is 2. The van der Waals surface area contributed by atoms with Crippen LogP contribution >= 0.6 is 0 Å². The molecule has 2 amide bonds. The summed E-state index contributed by atoms with van der Waals surface area (Å²) in [6.07, 6.45) is 4.76. The highest BCUT2D eigenvalue weighted by Crippen LogP contribution is 2.55. The maximum absolute atomic E-state index is 12.2. The third-order valence-electron chi connectivity index (χ3n) is 5.51. The van der Waals surface area contributed by atoms with E-state index in [1.54, 1.807) is 12.1 Å². The summed E-state index contributed by atoms with van der Waals surface area (Å²) in [4.78, 5) is 24.4. The van der Waals surface area contributed by atoms with Gasteiger partial charge >= 0.3 is 0 Å². The Labute approximate surface area is 147 Å². The molecule has 0 bridgehead atoms. The summed E-state index contributed by atoms with van der Waals surface area (Å²) in [5.41, 5.74) is 7.86. The number of hydrogen-bond donors (Lipinski definition) is 2. The molecule has 0 radical (unpaired) electrons. The normalized spacial score (nSPS) is 24.1. The van der Waals surface area contributed by atoms with E-state index in [-0.39, 0.29) is 17.7 Å². The topological polar surface area (TPSA) is 58.2 Å². The molecule has 0 aromatic heterocycles. The second kappa shape index (κ2) is 6.71. The van der Waals surface area contributed by atoms with Gasteiger partial charge in [-0.1, -0.05) is 55.3 Å². The van der Waals surface area contributed by atoms with E-state index in [1.807, 2.05) is 42.5 Å². The average Bonchev–Trinajstić information content (AvgIpc) is 3.41. The smallest absolute Gasteiger partial charge is 0.269 e. The zero-order valence-electron chi connectivity index (χ0n) is 14.1. The molecule has 0 heterocycles. The Morgan fingerprint density at radius 3 is 2.00 bits per heavy atom. The highest BCUT2D eigenvalue weighted by molar-refractivity contribution is 5.96. The molecule has 2 aliphatic rings. The van der Waals surface area contributed by atoms with Gasteiger partial charge in [0, 0.05) is 11.5 Å². The summed E-state index contributed by atoms with van der Waals surface area (Å²) in [5.74, 6) is 0.859. The van der Waals surface area contributed by atoms with Crippen molar-refractivity contribution < 1.29 is 9.59 Å². The summed E-state index contributed by atoms with van der Waals surface area (Å²) in [5, 5.41) is 0. The van der Waals surface area contributed by atoms with Gasteiger partial charge in [0.25, 0.3) is 5.91 Å². The summed E-state index contributed by atoms with van der Waals surface area (Å²) in [7, 11) is 0. The number of carbonyl (C=O) groups excluding carboxylic acids is 2. The number of carbonyl (C=O) groups is 2. The lowest BCUT2D eigenvalue weighted by molar-refractivity contribution is -0.123. The largest absolute Gasteiger partial charge is 0.273 e. The van der Waals surface area contributed by atoms with E-state index in [2.05, 4.69) is 10.9 Å². The van der Waals surface area contributed by atoms with E-state index in [0.29, 0.717) is 17.4 Å². The molecule has 25 heavy (non-hydrogen) atoms. The van der Waals surface area contributed by atoms with Crippen LogP contribution in [0, 0.1) is 17.8 Å². The number of fused-ring (bicyclic) bond motifs is 1. The fourth-order valence-electron chi connectivity index (χ4n) is 4.10. The number of hydrazine groups is 1. The zero-order valence-corrected chi connectivity index (χ0v) is 14.1. The molecule has 4 nitrogen and oxygen atoms in total. The standard InChI is InChI=1S/C21H22N2O2/c24-20(22-23-21(25)19-17-8-4-5-9-18(17)19)16-12-10-15(11-13-16)14-6-2-1-3-7-14/h1-3,6-7,10-13,17-19H,4-5,8-9H2,(H,22,24)(H,23,25)/t17-,18-/m1/s1. The van der Waals surface area contributed by atoms with Crippen molar-refractivity contribution in [3.63, 3.8) is 0 Å². The van der Waals surface area contributed by atoms with Crippen molar-refractivity contribution in [1.82, 2.24) is 10.9 Å². The summed E-state index contributed by atoms with van der Waals surface area (Å²) in [6.45, 7) is 0. The molecule has 2 fully saturated rings. The van der Waals surface area contributed by atoms with Gasteiger partial charge in [-0.2, -0.15) is 0 Å². The predicted octanol–water partition coefficient (Wildman–Crippen LogP) is 3.55. The van der Waals surface area contributed by atoms with Gasteiger partial charge in [0.05, 0.1) is 0 Å². The monoisotopic (exact) mass is 334 g/mol. The van der Waals surface area contributed by atoms with Crippen LogP contribution in [0.5, 0.6) is 0 Å². The van der Waals surface area contributed by atoms with Crippen LogP contribution in [0.15, 0.2) is 54.6 Å². The minimum Gasteiger partial charge on any atom is -0.273 e. The van der Waals surface area contributed by atoms with E-state index < -0.39 is 0 Å². The molecule has 2 aliphatic carbocycles. The van der Waals surface area contributed by atoms with Crippen molar-refractivity contribution in [2.45, 2.75) is 25.7 Å². The lowest BCUT2D eigenvalue weighted by atomic mass is 10.0. The van der Waals surface area contributed by atoms with Crippen LogP contribution in [0.3, 0.4) is 0 Å². The molecule has 2 aromatic carbocycles. The van der Waals surface area contributed by atoms with Crippen molar-refractivity contribution in [3.05, 3.63) is 60.2 Å². The van der Waals surface area contributed by atoms with Crippen molar-refractivity contribution in [2.75, 3.05) is 0 Å². The fourth-order valence-corrected chi connectivity index (χ4v) is 4.10. The minimum atomic E-state index is -0.281. The molecule has 0 saturated heterocycles. The Kier molecular flexibility index (Phi) is 4.26. The second-order valence-corrected chi connectivity index (χ2v) is 7.02. The Balaban J connectivity index is 1.33. The Bertz CT molecular complexity index is 758. The van der Waals surface area contributed by atoms with Crippen molar-refractivity contribution in [1.29, 1.82) is 0 Å². The summed E-state index contributed by atoms with van der Waals surface area (Å²) >= 11 is 0. The second-order valence-electron chi connectivity index (χ2n) is 7.02. The zero-order chi connectivity index (χ0) is 17.2. The van der Waals surface area contributed by atoms with Crippen LogP contribution in [0.2, 0.25) is 0 Å². The molecule has 4 rings (SSSR count). The van der Waals surface area contributed by atoms with E-state index in [0.717, 1.165) is 24.0 Å². The molecular weight excluding hydrogens is 312 g/mol. The van der Waals surface area contributed by atoms with Gasteiger partial charge in [-0.3, -0.25) is 20.4 Å². The first-order chi connectivity index (χ1) is 12.2. The Morgan fingerprint density at radius 1 is 0.760 bits per heavy atom. The number of hydrogen-bond acceptors (Lipinski definition) is 2. The third-order valence-corrected chi connectivity index (χ3v) is 5.51. The quantitative estimate of drug-likeness (QED) is 0.843. The molecular formula is C21H22N2O2. The first-order valence-electron chi connectivity index (χ1n) is 9.00. The molecule has 128 valence electrons. The van der Waals surface area contributed by atoms with Gasteiger partial charge in [-0.05, 0) is 47.9 Å². The Morgan fingerprint density at radius 2 is 1.36 bits per heavy atom. The molecule has 2 atom stereocenters. The maximum Gasteiger partial charge on any atom is 0.269 e. The number of rotatable bonds is 3. The average molecular weight is 334 g/mol. The van der Waals surface area contributed by atoms with Gasteiger partial charge in [0.15, 0.2) is 0 Å². The Hall–Kier alpha value is -2.62. The van der Waals surface area contributed by atoms with E-state index >= 15 is 0 Å². The molecule has 2 aromatic rings. The number of amides is 2. The van der Waals surface area contributed by atoms with Crippen molar-refractivity contribution in [2.24, 2.45) is 17.8 Å². The first-order valence-corrected chi connectivity index (χ1v) is 9.00. The molecule has 2 N–H and O–H groups in total. The number of benzene rings is 2. The van der Waals surface area contributed by atoms with E-state index in [9.17, 15) is 9.59 Å². The highest BCUT2D eigenvalue weighted by atomic mass is 16.2. The van der Waals surface area contributed by atoms with Gasteiger partial charge < -0.3 is 0 Å². The fraction of sp³-hybridized carbons (Fsp3) is 0.333. The van der Waals surface area contributed by atoms with Gasteiger partial charge in [0.2, 0.25) is 5.91 Å².